The molecule has 1 aromatic heterocycles. The van der Waals surface area contributed by atoms with Crippen LogP contribution in [0.1, 0.15) is 27.3 Å². The molecule has 0 spiro atoms. The van der Waals surface area contributed by atoms with Crippen LogP contribution in [-0.2, 0) is 18.3 Å². The molecule has 2 aromatic rings. The highest BCUT2D eigenvalue weighted by Gasteiger charge is 2.39. The van der Waals surface area contributed by atoms with Gasteiger partial charge in [-0.25, -0.2) is 4.79 Å². The van der Waals surface area contributed by atoms with Crippen LogP contribution in [0, 0.1) is 13.8 Å². The molecule has 6 heteroatoms. The van der Waals surface area contributed by atoms with Crippen molar-refractivity contribution in [1.29, 1.82) is 0 Å². The Morgan fingerprint density at radius 1 is 1.16 bits per heavy atom. The maximum absolute atomic E-state index is 12.6. The molecule has 0 saturated carbocycles. The van der Waals surface area contributed by atoms with Gasteiger partial charge in [-0.2, -0.15) is 0 Å². The van der Waals surface area contributed by atoms with E-state index < -0.39 is 12.1 Å². The van der Waals surface area contributed by atoms with Crippen LogP contribution in [0.5, 0.6) is 0 Å². The molecule has 1 aliphatic rings. The second-order valence-corrected chi connectivity index (χ2v) is 6.38. The lowest BCUT2D eigenvalue weighted by atomic mass is 10.1. The SMILES string of the molecule is Cc1cc(C(=O)CN2C(=O)NC(Cc3ccccc3)C2=O)c(C)n1C. The smallest absolute Gasteiger partial charge is 0.325 e. The molecule has 0 radical (unpaired) electrons. The second kappa shape index (κ2) is 6.55. The number of imide groups is 1. The van der Waals surface area contributed by atoms with E-state index in [0.29, 0.717) is 12.0 Å². The Bertz CT molecular complexity index is 839. The van der Waals surface area contributed by atoms with Crippen molar-refractivity contribution in [2.45, 2.75) is 26.3 Å². The van der Waals surface area contributed by atoms with E-state index in [1.54, 1.807) is 6.07 Å². The van der Waals surface area contributed by atoms with Crippen molar-refractivity contribution >= 4 is 17.7 Å². The molecule has 1 N–H and O–H groups in total. The summed E-state index contributed by atoms with van der Waals surface area (Å²) in [6, 6.07) is 10.1. The maximum atomic E-state index is 12.6. The van der Waals surface area contributed by atoms with E-state index >= 15 is 0 Å². The molecular formula is C19H21N3O3. The Kier molecular flexibility index (Phi) is 4.44. The summed E-state index contributed by atoms with van der Waals surface area (Å²) in [4.78, 5) is 38.2. The number of amides is 3. The fourth-order valence-corrected chi connectivity index (χ4v) is 3.08. The van der Waals surface area contributed by atoms with E-state index in [1.165, 1.54) is 0 Å². The van der Waals surface area contributed by atoms with Crippen molar-refractivity contribution in [2.75, 3.05) is 6.54 Å². The Morgan fingerprint density at radius 2 is 1.84 bits per heavy atom. The zero-order valence-electron chi connectivity index (χ0n) is 14.6. The Labute approximate surface area is 146 Å². The number of nitrogens with zero attached hydrogens (tertiary/aromatic N) is 2. The van der Waals surface area contributed by atoms with Crippen LogP contribution >= 0.6 is 0 Å². The summed E-state index contributed by atoms with van der Waals surface area (Å²) in [6.45, 7) is 3.53. The first kappa shape index (κ1) is 17.0. The molecule has 2 heterocycles. The third-order valence-corrected chi connectivity index (χ3v) is 4.77. The average molecular weight is 339 g/mol. The van der Waals surface area contributed by atoms with Gasteiger partial charge in [-0.05, 0) is 25.5 Å². The predicted octanol–water partition coefficient (Wildman–Crippen LogP) is 1.99. The number of aromatic nitrogens is 1. The molecule has 1 fully saturated rings. The van der Waals surface area contributed by atoms with Gasteiger partial charge in [0.2, 0.25) is 0 Å². The first-order chi connectivity index (χ1) is 11.9. The number of nitrogens with one attached hydrogen (secondary N) is 1. The number of carbonyl (C=O) groups is 3. The van der Waals surface area contributed by atoms with E-state index in [1.807, 2.05) is 55.8 Å². The number of Topliss-reactive ketones (excluding diaryl/α,β-unsaturated/α-hetero) is 1. The second-order valence-electron chi connectivity index (χ2n) is 6.38. The van der Waals surface area contributed by atoms with E-state index in [0.717, 1.165) is 21.9 Å². The summed E-state index contributed by atoms with van der Waals surface area (Å²) in [7, 11) is 1.88. The summed E-state index contributed by atoms with van der Waals surface area (Å²) in [5.74, 6) is -0.586. The van der Waals surface area contributed by atoms with Gasteiger partial charge in [0.1, 0.15) is 6.04 Å². The van der Waals surface area contributed by atoms with Crippen LogP contribution in [0.4, 0.5) is 4.79 Å². The van der Waals surface area contributed by atoms with Crippen LogP contribution in [0.15, 0.2) is 36.4 Å². The summed E-state index contributed by atoms with van der Waals surface area (Å²) in [6.07, 6.45) is 0.416. The summed E-state index contributed by atoms with van der Waals surface area (Å²) in [5.41, 5.74) is 3.30. The quantitative estimate of drug-likeness (QED) is 0.669. The van der Waals surface area contributed by atoms with Gasteiger partial charge in [-0.3, -0.25) is 14.5 Å². The molecule has 1 unspecified atom stereocenters. The average Bonchev–Trinajstić information content (AvgIpc) is 3.00. The third kappa shape index (κ3) is 3.20. The lowest BCUT2D eigenvalue weighted by molar-refractivity contribution is -0.127. The first-order valence-corrected chi connectivity index (χ1v) is 8.20. The minimum atomic E-state index is -0.624. The third-order valence-electron chi connectivity index (χ3n) is 4.77. The van der Waals surface area contributed by atoms with E-state index in [2.05, 4.69) is 5.32 Å². The van der Waals surface area contributed by atoms with Gasteiger partial charge >= 0.3 is 6.03 Å². The van der Waals surface area contributed by atoms with Gasteiger partial charge in [-0.15, -0.1) is 0 Å². The number of rotatable bonds is 5. The van der Waals surface area contributed by atoms with Crippen molar-refractivity contribution < 1.29 is 14.4 Å². The molecule has 3 rings (SSSR count). The van der Waals surface area contributed by atoms with Gasteiger partial charge in [0, 0.05) is 30.4 Å². The highest BCUT2D eigenvalue weighted by molar-refractivity contribution is 6.09. The standard InChI is InChI=1S/C19H21N3O3/c1-12-9-15(13(2)21(12)3)17(23)11-22-18(24)16(20-19(22)25)10-14-7-5-4-6-8-14/h4-9,16H,10-11H2,1-3H3,(H,20,25). The van der Waals surface area contributed by atoms with Crippen molar-refractivity contribution in [3.63, 3.8) is 0 Å². The molecule has 1 saturated heterocycles. The molecule has 1 atom stereocenters. The topological polar surface area (TPSA) is 71.4 Å². The number of aryl methyl sites for hydroxylation is 1. The van der Waals surface area contributed by atoms with Crippen molar-refractivity contribution in [2.24, 2.45) is 7.05 Å². The van der Waals surface area contributed by atoms with Gasteiger partial charge in [0.25, 0.3) is 5.91 Å². The number of ketones is 1. The maximum Gasteiger partial charge on any atom is 0.325 e. The normalized spacial score (nSPS) is 17.1. The first-order valence-electron chi connectivity index (χ1n) is 8.20. The minimum absolute atomic E-state index is 0.231. The van der Waals surface area contributed by atoms with Crippen LogP contribution in [0.25, 0.3) is 0 Å². The molecular weight excluding hydrogens is 318 g/mol. The lowest BCUT2D eigenvalue weighted by Gasteiger charge is -2.12. The largest absolute Gasteiger partial charge is 0.351 e. The molecule has 1 aromatic carbocycles. The zero-order valence-corrected chi connectivity index (χ0v) is 14.6. The monoisotopic (exact) mass is 339 g/mol. The van der Waals surface area contributed by atoms with E-state index in [-0.39, 0.29) is 18.2 Å². The fraction of sp³-hybridized carbons (Fsp3) is 0.316. The summed E-state index contributed by atoms with van der Waals surface area (Å²) >= 11 is 0. The van der Waals surface area contributed by atoms with Gasteiger partial charge in [-0.1, -0.05) is 30.3 Å². The van der Waals surface area contributed by atoms with E-state index in [4.69, 9.17) is 0 Å². The lowest BCUT2D eigenvalue weighted by Crippen LogP contribution is -2.36. The van der Waals surface area contributed by atoms with Crippen LogP contribution in [-0.4, -0.2) is 39.8 Å². The number of hydrogen-bond acceptors (Lipinski definition) is 3. The zero-order chi connectivity index (χ0) is 18.1. The Balaban J connectivity index is 1.72. The summed E-state index contributed by atoms with van der Waals surface area (Å²) < 4.78 is 1.91. The van der Waals surface area contributed by atoms with Crippen molar-refractivity contribution in [1.82, 2.24) is 14.8 Å². The predicted molar refractivity (Wildman–Crippen MR) is 93.4 cm³/mol. The molecule has 0 aliphatic carbocycles. The molecule has 1 aliphatic heterocycles. The van der Waals surface area contributed by atoms with Gasteiger partial charge in [0.05, 0.1) is 6.54 Å². The summed E-state index contributed by atoms with van der Waals surface area (Å²) in [5, 5.41) is 2.67. The fourth-order valence-electron chi connectivity index (χ4n) is 3.08. The highest BCUT2D eigenvalue weighted by atomic mass is 16.2. The molecule has 25 heavy (non-hydrogen) atoms. The molecule has 6 nitrogen and oxygen atoms in total. The molecule has 130 valence electrons. The van der Waals surface area contributed by atoms with Gasteiger partial charge in [0.15, 0.2) is 5.78 Å². The number of benzene rings is 1. The molecule has 0 bridgehead atoms. The Hall–Kier alpha value is -2.89. The van der Waals surface area contributed by atoms with E-state index in [9.17, 15) is 14.4 Å². The number of urea groups is 1. The number of hydrogen-bond donors (Lipinski definition) is 1. The Morgan fingerprint density at radius 3 is 2.44 bits per heavy atom. The van der Waals surface area contributed by atoms with Gasteiger partial charge < -0.3 is 9.88 Å². The number of carbonyl (C=O) groups excluding carboxylic acids is 3. The highest BCUT2D eigenvalue weighted by Crippen LogP contribution is 2.17. The van der Waals surface area contributed by atoms with Crippen LogP contribution in [0.3, 0.4) is 0 Å². The van der Waals surface area contributed by atoms with Crippen LogP contribution in [0.2, 0.25) is 0 Å². The van der Waals surface area contributed by atoms with Crippen molar-refractivity contribution in [3.05, 3.63) is 58.9 Å². The molecule has 3 amide bonds. The van der Waals surface area contributed by atoms with Crippen molar-refractivity contribution in [3.8, 4) is 0 Å². The van der Waals surface area contributed by atoms with Crippen LogP contribution < -0.4 is 5.32 Å². The minimum Gasteiger partial charge on any atom is -0.351 e.